The van der Waals surface area contributed by atoms with Crippen LogP contribution >= 0.6 is 0 Å². The van der Waals surface area contributed by atoms with E-state index in [1.165, 1.54) is 0 Å². The molecule has 2 rings (SSSR count). The van der Waals surface area contributed by atoms with E-state index >= 15 is 0 Å². The van der Waals surface area contributed by atoms with Crippen LogP contribution in [-0.2, 0) is 6.42 Å². The molecule has 0 radical (unpaired) electrons. The Balaban J connectivity index is 2.10. The molecule has 0 fully saturated rings. The van der Waals surface area contributed by atoms with Crippen molar-refractivity contribution in [3.05, 3.63) is 77.9 Å². The van der Waals surface area contributed by atoms with Crippen LogP contribution in [-0.4, -0.2) is 5.78 Å². The fourth-order valence-corrected chi connectivity index (χ4v) is 1.82. The highest BCUT2D eigenvalue weighted by Gasteiger charge is 2.06. The molecule has 0 amide bonds. The van der Waals surface area contributed by atoms with E-state index in [1.54, 1.807) is 0 Å². The fourth-order valence-electron chi connectivity index (χ4n) is 1.82. The Labute approximate surface area is 108 Å². The summed E-state index contributed by atoms with van der Waals surface area (Å²) in [6.07, 6.45) is 0.445. The molecule has 0 saturated carbocycles. The van der Waals surface area contributed by atoms with Crippen LogP contribution in [0.5, 0.6) is 0 Å². The molecule has 0 aromatic heterocycles. The summed E-state index contributed by atoms with van der Waals surface area (Å²) < 4.78 is 0. The normalized spacial score (nSPS) is 10.1. The van der Waals surface area contributed by atoms with E-state index in [4.69, 9.17) is 0 Å². The SMILES string of the molecule is C=C(C)c1ccc(CC(=O)c2ccccc2)cc1. The van der Waals surface area contributed by atoms with Crippen molar-refractivity contribution in [3.63, 3.8) is 0 Å². The molecule has 0 N–H and O–H groups in total. The summed E-state index contributed by atoms with van der Waals surface area (Å²) in [6, 6.07) is 17.4. The number of carbonyl (C=O) groups excluding carboxylic acids is 1. The lowest BCUT2D eigenvalue weighted by atomic mass is 10.0. The average Bonchev–Trinajstić information content (AvgIpc) is 2.40. The molecule has 0 aliphatic carbocycles. The van der Waals surface area contributed by atoms with Gasteiger partial charge in [0.25, 0.3) is 0 Å². The Hall–Kier alpha value is -2.15. The van der Waals surface area contributed by atoms with E-state index in [-0.39, 0.29) is 5.78 Å². The van der Waals surface area contributed by atoms with Crippen LogP contribution in [0.25, 0.3) is 5.57 Å². The molecule has 1 heteroatoms. The number of hydrogen-bond acceptors (Lipinski definition) is 1. The van der Waals surface area contributed by atoms with Gasteiger partial charge >= 0.3 is 0 Å². The van der Waals surface area contributed by atoms with Gasteiger partial charge in [0.15, 0.2) is 5.78 Å². The highest BCUT2D eigenvalue weighted by molar-refractivity contribution is 5.97. The quantitative estimate of drug-likeness (QED) is 0.729. The monoisotopic (exact) mass is 236 g/mol. The highest BCUT2D eigenvalue weighted by atomic mass is 16.1. The molecule has 2 aromatic rings. The first-order valence-electron chi connectivity index (χ1n) is 6.00. The van der Waals surface area contributed by atoms with Gasteiger partial charge in [-0.25, -0.2) is 0 Å². The highest BCUT2D eigenvalue weighted by Crippen LogP contribution is 2.14. The minimum atomic E-state index is 0.152. The molecule has 18 heavy (non-hydrogen) atoms. The third kappa shape index (κ3) is 2.95. The molecule has 0 aliphatic rings. The lowest BCUT2D eigenvalue weighted by molar-refractivity contribution is 0.0993. The lowest BCUT2D eigenvalue weighted by Gasteiger charge is -2.04. The van der Waals surface area contributed by atoms with Gasteiger partial charge in [0.2, 0.25) is 0 Å². The summed E-state index contributed by atoms with van der Waals surface area (Å²) in [5.74, 6) is 0.152. The first-order chi connectivity index (χ1) is 8.66. The van der Waals surface area contributed by atoms with Crippen LogP contribution in [0.3, 0.4) is 0 Å². The minimum Gasteiger partial charge on any atom is -0.294 e. The Morgan fingerprint density at radius 3 is 2.11 bits per heavy atom. The van der Waals surface area contributed by atoms with Crippen LogP contribution in [0, 0.1) is 0 Å². The third-order valence-electron chi connectivity index (χ3n) is 2.91. The zero-order valence-corrected chi connectivity index (χ0v) is 10.5. The summed E-state index contributed by atoms with van der Waals surface area (Å²) in [6.45, 7) is 5.87. The molecule has 0 bridgehead atoms. The zero-order chi connectivity index (χ0) is 13.0. The van der Waals surface area contributed by atoms with E-state index in [9.17, 15) is 4.79 Å². The lowest BCUT2D eigenvalue weighted by Crippen LogP contribution is -2.03. The number of Topliss-reactive ketones (excluding diaryl/α,β-unsaturated/α-hetero) is 1. The molecule has 0 aliphatic heterocycles. The number of rotatable bonds is 4. The number of benzene rings is 2. The number of hydrogen-bond donors (Lipinski definition) is 0. The van der Waals surface area contributed by atoms with Gasteiger partial charge in [-0.1, -0.05) is 66.7 Å². The van der Waals surface area contributed by atoms with Gasteiger partial charge in [0, 0.05) is 12.0 Å². The first kappa shape index (κ1) is 12.3. The van der Waals surface area contributed by atoms with E-state index in [0.717, 1.165) is 22.3 Å². The van der Waals surface area contributed by atoms with E-state index in [2.05, 4.69) is 6.58 Å². The molecule has 2 aromatic carbocycles. The first-order valence-corrected chi connectivity index (χ1v) is 6.00. The summed E-state index contributed by atoms with van der Waals surface area (Å²) in [5, 5.41) is 0. The summed E-state index contributed by atoms with van der Waals surface area (Å²) in [4.78, 5) is 12.0. The minimum absolute atomic E-state index is 0.152. The number of ketones is 1. The smallest absolute Gasteiger partial charge is 0.167 e. The van der Waals surface area contributed by atoms with Gasteiger partial charge in [0.05, 0.1) is 0 Å². The van der Waals surface area contributed by atoms with Crippen LogP contribution in [0.15, 0.2) is 61.2 Å². The van der Waals surface area contributed by atoms with Gasteiger partial charge in [-0.15, -0.1) is 0 Å². The van der Waals surface area contributed by atoms with Crippen molar-refractivity contribution in [1.29, 1.82) is 0 Å². The maximum atomic E-state index is 12.0. The van der Waals surface area contributed by atoms with Crippen molar-refractivity contribution < 1.29 is 4.79 Å². The summed E-state index contributed by atoms with van der Waals surface area (Å²) in [7, 11) is 0. The Morgan fingerprint density at radius 2 is 1.56 bits per heavy atom. The van der Waals surface area contributed by atoms with Crippen molar-refractivity contribution in [2.75, 3.05) is 0 Å². The Morgan fingerprint density at radius 1 is 0.944 bits per heavy atom. The van der Waals surface area contributed by atoms with Crippen molar-refractivity contribution in [1.82, 2.24) is 0 Å². The second-order valence-electron chi connectivity index (χ2n) is 4.44. The molecule has 0 heterocycles. The molecule has 0 spiro atoms. The molecule has 0 atom stereocenters. The van der Waals surface area contributed by atoms with E-state index in [1.807, 2.05) is 61.5 Å². The molecule has 0 unspecified atom stereocenters. The molecule has 90 valence electrons. The number of allylic oxidation sites excluding steroid dienone is 1. The van der Waals surface area contributed by atoms with Crippen molar-refractivity contribution >= 4 is 11.4 Å². The van der Waals surface area contributed by atoms with Gasteiger partial charge in [-0.2, -0.15) is 0 Å². The maximum absolute atomic E-state index is 12.0. The molecular formula is C17H16O. The summed E-state index contributed by atoms with van der Waals surface area (Å²) >= 11 is 0. The van der Waals surface area contributed by atoms with Gasteiger partial charge < -0.3 is 0 Å². The van der Waals surface area contributed by atoms with E-state index < -0.39 is 0 Å². The van der Waals surface area contributed by atoms with Gasteiger partial charge in [0.1, 0.15) is 0 Å². The standard InChI is InChI=1S/C17H16O/c1-13(2)15-10-8-14(9-11-15)12-17(18)16-6-4-3-5-7-16/h3-11H,1,12H2,2H3. The zero-order valence-electron chi connectivity index (χ0n) is 10.5. The van der Waals surface area contributed by atoms with Crippen molar-refractivity contribution in [3.8, 4) is 0 Å². The largest absolute Gasteiger partial charge is 0.294 e. The Bertz CT molecular complexity index is 550. The molecular weight excluding hydrogens is 220 g/mol. The number of carbonyl (C=O) groups is 1. The summed E-state index contributed by atoms with van der Waals surface area (Å²) in [5.41, 5.74) is 3.96. The van der Waals surface area contributed by atoms with Gasteiger partial charge in [-0.3, -0.25) is 4.79 Å². The van der Waals surface area contributed by atoms with Crippen LogP contribution in [0.2, 0.25) is 0 Å². The second-order valence-corrected chi connectivity index (χ2v) is 4.44. The third-order valence-corrected chi connectivity index (χ3v) is 2.91. The maximum Gasteiger partial charge on any atom is 0.167 e. The predicted octanol–water partition coefficient (Wildman–Crippen LogP) is 4.15. The Kier molecular flexibility index (Phi) is 3.73. The molecule has 0 saturated heterocycles. The van der Waals surface area contributed by atoms with Crippen LogP contribution in [0.1, 0.15) is 28.4 Å². The van der Waals surface area contributed by atoms with Crippen molar-refractivity contribution in [2.24, 2.45) is 0 Å². The fraction of sp³-hybridized carbons (Fsp3) is 0.118. The van der Waals surface area contributed by atoms with Crippen LogP contribution < -0.4 is 0 Å². The second kappa shape index (κ2) is 5.46. The molecule has 1 nitrogen and oxygen atoms in total. The topological polar surface area (TPSA) is 17.1 Å². The van der Waals surface area contributed by atoms with Gasteiger partial charge in [-0.05, 0) is 18.1 Å². The van der Waals surface area contributed by atoms with Crippen molar-refractivity contribution in [2.45, 2.75) is 13.3 Å². The van der Waals surface area contributed by atoms with Crippen LogP contribution in [0.4, 0.5) is 0 Å². The predicted molar refractivity (Wildman–Crippen MR) is 75.6 cm³/mol. The van der Waals surface area contributed by atoms with E-state index in [0.29, 0.717) is 6.42 Å². The average molecular weight is 236 g/mol.